The van der Waals surface area contributed by atoms with E-state index in [2.05, 4.69) is 4.98 Å². The van der Waals surface area contributed by atoms with E-state index in [9.17, 15) is 9.18 Å². The molecule has 3 nitrogen and oxygen atoms in total. The molecule has 0 aromatic carbocycles. The molecule has 76 valence electrons. The highest BCUT2D eigenvalue weighted by molar-refractivity contribution is 6.29. The van der Waals surface area contributed by atoms with Gasteiger partial charge >= 0.3 is 0 Å². The minimum absolute atomic E-state index is 0.0150. The molecule has 1 rings (SSSR count). The van der Waals surface area contributed by atoms with Gasteiger partial charge in [-0.25, -0.2) is 4.98 Å². The second-order valence-electron chi connectivity index (χ2n) is 2.72. The smallest absolute Gasteiger partial charge is 0.225 e. The Morgan fingerprint density at radius 2 is 2.29 bits per heavy atom. The van der Waals surface area contributed by atoms with E-state index >= 15 is 0 Å². The molecule has 0 saturated carbocycles. The summed E-state index contributed by atoms with van der Waals surface area (Å²) in [6, 6.07) is 2.65. The van der Waals surface area contributed by atoms with Crippen LogP contribution in [-0.4, -0.2) is 22.5 Å². The molecule has 0 atom stereocenters. The summed E-state index contributed by atoms with van der Waals surface area (Å²) in [4.78, 5) is 14.6. The molecule has 14 heavy (non-hydrogen) atoms. The van der Waals surface area contributed by atoms with Gasteiger partial charge < -0.3 is 5.11 Å². The zero-order valence-electron chi connectivity index (χ0n) is 7.33. The van der Waals surface area contributed by atoms with Crippen molar-refractivity contribution in [2.45, 2.75) is 12.8 Å². The number of aromatic nitrogens is 1. The standard InChI is InChI=1S/C9H9ClFNO2/c10-8-4-3-6(9(11)12-8)7(14)2-1-5-13/h3-4,13H,1-2,5H2. The Morgan fingerprint density at radius 1 is 1.57 bits per heavy atom. The lowest BCUT2D eigenvalue weighted by molar-refractivity contribution is 0.0966. The normalized spacial score (nSPS) is 10.2. The fraction of sp³-hybridized carbons (Fsp3) is 0.333. The average Bonchev–Trinajstić information content (AvgIpc) is 2.14. The Balaban J connectivity index is 2.80. The van der Waals surface area contributed by atoms with E-state index in [1.807, 2.05) is 0 Å². The number of hydrogen-bond acceptors (Lipinski definition) is 3. The van der Waals surface area contributed by atoms with Gasteiger partial charge in [-0.15, -0.1) is 0 Å². The average molecular weight is 218 g/mol. The molecule has 1 heterocycles. The molecule has 5 heteroatoms. The Bertz CT molecular complexity index is 344. The fourth-order valence-electron chi connectivity index (χ4n) is 0.994. The van der Waals surface area contributed by atoms with Crippen molar-refractivity contribution in [1.82, 2.24) is 4.98 Å². The summed E-state index contributed by atoms with van der Waals surface area (Å²) >= 11 is 5.42. The van der Waals surface area contributed by atoms with E-state index in [0.717, 1.165) is 0 Å². The molecule has 1 aromatic rings. The number of aliphatic hydroxyl groups excluding tert-OH is 1. The van der Waals surface area contributed by atoms with Crippen LogP contribution in [0, 0.1) is 5.95 Å². The van der Waals surface area contributed by atoms with Crippen molar-refractivity contribution in [3.05, 3.63) is 28.8 Å². The lowest BCUT2D eigenvalue weighted by Gasteiger charge is -2.00. The van der Waals surface area contributed by atoms with Crippen LogP contribution in [0.15, 0.2) is 12.1 Å². The molecular formula is C9H9ClFNO2. The third-order valence-electron chi connectivity index (χ3n) is 1.68. The van der Waals surface area contributed by atoms with E-state index < -0.39 is 5.95 Å². The zero-order valence-corrected chi connectivity index (χ0v) is 8.09. The van der Waals surface area contributed by atoms with Gasteiger partial charge in [-0.1, -0.05) is 11.6 Å². The lowest BCUT2D eigenvalue weighted by Crippen LogP contribution is -2.04. The van der Waals surface area contributed by atoms with Gasteiger partial charge in [0.2, 0.25) is 5.95 Å². The molecule has 1 aromatic heterocycles. The summed E-state index contributed by atoms with van der Waals surface area (Å²) in [5.74, 6) is -1.24. The number of nitrogens with zero attached hydrogens (tertiary/aromatic N) is 1. The summed E-state index contributed by atoms with van der Waals surface area (Å²) in [5.41, 5.74) is -0.0807. The Morgan fingerprint density at radius 3 is 2.86 bits per heavy atom. The molecule has 0 amide bonds. The van der Waals surface area contributed by atoms with Crippen molar-refractivity contribution in [3.8, 4) is 0 Å². The van der Waals surface area contributed by atoms with Crippen LogP contribution in [0.4, 0.5) is 4.39 Å². The number of Topliss-reactive ketones (excluding diaryl/α,β-unsaturated/α-hetero) is 1. The molecule has 0 bridgehead atoms. The summed E-state index contributed by atoms with van der Waals surface area (Å²) in [6.07, 6.45) is 0.428. The zero-order chi connectivity index (χ0) is 10.6. The van der Waals surface area contributed by atoms with Crippen molar-refractivity contribution >= 4 is 17.4 Å². The maximum atomic E-state index is 13.0. The van der Waals surface area contributed by atoms with Gasteiger partial charge in [0.25, 0.3) is 0 Å². The monoisotopic (exact) mass is 217 g/mol. The van der Waals surface area contributed by atoms with E-state index in [1.54, 1.807) is 0 Å². The third kappa shape index (κ3) is 2.75. The number of pyridine rings is 1. The molecule has 0 aliphatic rings. The molecule has 0 unspecified atom stereocenters. The Hall–Kier alpha value is -1.00. The van der Waals surface area contributed by atoms with Crippen LogP contribution in [0.25, 0.3) is 0 Å². The molecule has 0 saturated heterocycles. The maximum absolute atomic E-state index is 13.0. The molecule has 0 aliphatic heterocycles. The first kappa shape index (κ1) is 11.1. The van der Waals surface area contributed by atoms with Gasteiger partial charge in [-0.05, 0) is 18.6 Å². The van der Waals surface area contributed by atoms with Crippen molar-refractivity contribution in [3.63, 3.8) is 0 Å². The van der Waals surface area contributed by atoms with Crippen LogP contribution < -0.4 is 0 Å². The first-order chi connectivity index (χ1) is 6.65. The van der Waals surface area contributed by atoms with Crippen LogP contribution >= 0.6 is 11.6 Å². The van der Waals surface area contributed by atoms with E-state index in [4.69, 9.17) is 16.7 Å². The predicted molar refractivity (Wildman–Crippen MR) is 49.9 cm³/mol. The number of carbonyl (C=O) groups excluding carboxylic acids is 1. The number of halogens is 2. The minimum atomic E-state index is -0.861. The Kier molecular flexibility index (Phi) is 3.98. The van der Waals surface area contributed by atoms with Crippen LogP contribution in [0.3, 0.4) is 0 Å². The second-order valence-corrected chi connectivity index (χ2v) is 3.11. The highest BCUT2D eigenvalue weighted by Gasteiger charge is 2.12. The highest BCUT2D eigenvalue weighted by atomic mass is 35.5. The fourth-order valence-corrected chi connectivity index (χ4v) is 1.13. The van der Waals surface area contributed by atoms with Crippen LogP contribution in [0.1, 0.15) is 23.2 Å². The third-order valence-corrected chi connectivity index (χ3v) is 1.89. The quantitative estimate of drug-likeness (QED) is 0.618. The largest absolute Gasteiger partial charge is 0.396 e. The number of hydrogen-bond donors (Lipinski definition) is 1. The van der Waals surface area contributed by atoms with E-state index in [-0.39, 0.29) is 29.5 Å². The van der Waals surface area contributed by atoms with Crippen LogP contribution in [0.2, 0.25) is 5.15 Å². The summed E-state index contributed by atoms with van der Waals surface area (Å²) in [5, 5.41) is 8.51. The topological polar surface area (TPSA) is 50.2 Å². The van der Waals surface area contributed by atoms with Gasteiger partial charge in [0, 0.05) is 13.0 Å². The summed E-state index contributed by atoms with van der Waals surface area (Å²) < 4.78 is 13.0. The SMILES string of the molecule is O=C(CCCO)c1ccc(Cl)nc1F. The molecule has 0 spiro atoms. The lowest BCUT2D eigenvalue weighted by atomic mass is 10.1. The Labute approximate surface area is 85.5 Å². The number of carbonyl (C=O) groups is 1. The number of ketones is 1. The predicted octanol–water partition coefficient (Wildman–Crippen LogP) is 1.83. The van der Waals surface area contributed by atoms with Crippen LogP contribution in [-0.2, 0) is 0 Å². The molecular weight excluding hydrogens is 209 g/mol. The van der Waals surface area contributed by atoms with Gasteiger partial charge in [0.15, 0.2) is 5.78 Å². The van der Waals surface area contributed by atoms with Crippen molar-refractivity contribution < 1.29 is 14.3 Å². The first-order valence-electron chi connectivity index (χ1n) is 4.11. The van der Waals surface area contributed by atoms with E-state index in [1.165, 1.54) is 12.1 Å². The molecule has 0 fully saturated rings. The van der Waals surface area contributed by atoms with Gasteiger partial charge in [0.05, 0.1) is 5.56 Å². The maximum Gasteiger partial charge on any atom is 0.225 e. The highest BCUT2D eigenvalue weighted by Crippen LogP contribution is 2.12. The van der Waals surface area contributed by atoms with Gasteiger partial charge in [-0.3, -0.25) is 4.79 Å². The molecule has 0 aliphatic carbocycles. The molecule has 1 N–H and O–H groups in total. The summed E-state index contributed by atoms with van der Waals surface area (Å²) in [7, 11) is 0. The van der Waals surface area contributed by atoms with Gasteiger partial charge in [-0.2, -0.15) is 4.39 Å². The van der Waals surface area contributed by atoms with Gasteiger partial charge in [0.1, 0.15) is 5.15 Å². The van der Waals surface area contributed by atoms with Crippen molar-refractivity contribution in [2.75, 3.05) is 6.61 Å². The number of rotatable bonds is 4. The second kappa shape index (κ2) is 5.02. The first-order valence-corrected chi connectivity index (χ1v) is 4.49. The molecule has 0 radical (unpaired) electrons. The van der Waals surface area contributed by atoms with Crippen molar-refractivity contribution in [2.24, 2.45) is 0 Å². The van der Waals surface area contributed by atoms with E-state index in [0.29, 0.717) is 6.42 Å². The minimum Gasteiger partial charge on any atom is -0.396 e. The number of aliphatic hydroxyl groups is 1. The van der Waals surface area contributed by atoms with Crippen LogP contribution in [0.5, 0.6) is 0 Å². The van der Waals surface area contributed by atoms with Crippen molar-refractivity contribution in [1.29, 1.82) is 0 Å². The summed E-state index contributed by atoms with van der Waals surface area (Å²) in [6.45, 7) is -0.0889.